The predicted octanol–water partition coefficient (Wildman–Crippen LogP) is 1.22. The van der Waals surface area contributed by atoms with Crippen LogP contribution in [0.5, 0.6) is 5.75 Å². The van der Waals surface area contributed by atoms with E-state index in [2.05, 4.69) is 4.90 Å². The van der Waals surface area contributed by atoms with Crippen molar-refractivity contribution in [2.45, 2.75) is 64.6 Å². The highest BCUT2D eigenvalue weighted by Crippen LogP contribution is 2.51. The molecule has 3 aliphatic rings. The number of fused-ring (bicyclic) bond motifs is 3. The van der Waals surface area contributed by atoms with Gasteiger partial charge in [-0.15, -0.1) is 0 Å². The fraction of sp³-hybridized carbons (Fsp3) is 0.633. The lowest BCUT2D eigenvalue weighted by atomic mass is 9.52. The lowest BCUT2D eigenvalue weighted by Gasteiger charge is -2.52. The zero-order valence-electron chi connectivity index (χ0n) is 24.7. The SMILES string of the molecule is CCN(CC(C)C)C(C)(C)c1cc(O)c2c(c1F)C[C@H]1C[C@H]3[C@H](N(C)C)C(=O)C(C(N)=O)C(=O)[C@@]3(O)C(=O)C1C2=O. The molecule has 4 rings (SSSR count). The summed E-state index contributed by atoms with van der Waals surface area (Å²) in [5, 5.41) is 22.7. The third-order valence-corrected chi connectivity index (χ3v) is 9.41. The van der Waals surface area contributed by atoms with Crippen molar-refractivity contribution in [3.63, 3.8) is 0 Å². The Morgan fingerprint density at radius 1 is 1.20 bits per heavy atom. The first-order valence-electron chi connectivity index (χ1n) is 14.1. The number of aromatic hydroxyl groups is 1. The van der Waals surface area contributed by atoms with Gasteiger partial charge in [0.05, 0.1) is 17.5 Å². The van der Waals surface area contributed by atoms with Gasteiger partial charge in [-0.25, -0.2) is 4.39 Å². The molecule has 0 saturated heterocycles. The fourth-order valence-corrected chi connectivity index (χ4v) is 7.46. The number of amides is 1. The lowest BCUT2D eigenvalue weighted by Crippen LogP contribution is -2.74. The average molecular weight is 574 g/mol. The van der Waals surface area contributed by atoms with Gasteiger partial charge in [0, 0.05) is 29.1 Å². The van der Waals surface area contributed by atoms with Crippen molar-refractivity contribution >= 4 is 29.0 Å². The molecule has 0 heterocycles. The van der Waals surface area contributed by atoms with Gasteiger partial charge in [0.15, 0.2) is 34.7 Å². The summed E-state index contributed by atoms with van der Waals surface area (Å²) in [6.45, 7) is 11.0. The standard InChI is InChI=1S/C30H40FN3O7/c1-8-34(12-13(2)3)29(4,5)16-11-18(35)20-15(22(16)31)9-14-10-17-23(33(6)7)25(37)21(28(32)40)27(39)30(17,41)26(38)19(14)24(20)36/h11,13-14,17,19,21,23,35,41H,8-10,12H2,1-7H3,(H2,32,40)/t14-,17-,19?,21?,23-,30-/m0/s1. The van der Waals surface area contributed by atoms with Gasteiger partial charge in [0.25, 0.3) is 0 Å². The smallest absolute Gasteiger partial charge is 0.235 e. The number of primary amides is 1. The first-order valence-corrected chi connectivity index (χ1v) is 14.1. The van der Waals surface area contributed by atoms with Gasteiger partial charge >= 0.3 is 0 Å². The van der Waals surface area contributed by atoms with Crippen molar-refractivity contribution in [2.24, 2.45) is 35.3 Å². The van der Waals surface area contributed by atoms with Gasteiger partial charge in [-0.2, -0.15) is 0 Å². The van der Waals surface area contributed by atoms with Gasteiger partial charge in [0.2, 0.25) is 5.91 Å². The van der Waals surface area contributed by atoms with E-state index in [0.29, 0.717) is 13.1 Å². The number of carbonyl (C=O) groups is 5. The molecule has 2 unspecified atom stereocenters. The highest BCUT2D eigenvalue weighted by Gasteiger charge is 2.69. The Labute approximate surface area is 239 Å². The summed E-state index contributed by atoms with van der Waals surface area (Å²) < 4.78 is 16.4. The summed E-state index contributed by atoms with van der Waals surface area (Å²) in [7, 11) is 3.02. The molecule has 2 fully saturated rings. The van der Waals surface area contributed by atoms with Crippen LogP contribution >= 0.6 is 0 Å². The molecular formula is C30H40FN3O7. The summed E-state index contributed by atoms with van der Waals surface area (Å²) in [6.07, 6.45) is -0.252. The number of phenols is 1. The van der Waals surface area contributed by atoms with Crippen LogP contribution in [0.15, 0.2) is 6.07 Å². The summed E-state index contributed by atoms with van der Waals surface area (Å²) in [6, 6.07) is 0.00443. The summed E-state index contributed by atoms with van der Waals surface area (Å²) in [5.41, 5.74) is 1.51. The Kier molecular flexibility index (Phi) is 7.81. The second-order valence-corrected chi connectivity index (χ2v) is 12.9. The van der Waals surface area contributed by atoms with E-state index in [4.69, 9.17) is 5.73 Å². The molecule has 0 bridgehead atoms. The summed E-state index contributed by atoms with van der Waals surface area (Å²) in [5.74, 6) is -12.1. The quantitative estimate of drug-likeness (QED) is 0.408. The fourth-order valence-electron chi connectivity index (χ4n) is 7.46. The molecule has 1 aromatic rings. The molecule has 1 aromatic carbocycles. The number of hydrogen-bond donors (Lipinski definition) is 3. The van der Waals surface area contributed by atoms with E-state index in [1.54, 1.807) is 0 Å². The van der Waals surface area contributed by atoms with Crippen LogP contribution in [0.4, 0.5) is 4.39 Å². The molecule has 0 aromatic heterocycles. The number of halogens is 1. The monoisotopic (exact) mass is 573 g/mol. The molecule has 11 heteroatoms. The van der Waals surface area contributed by atoms with Crippen LogP contribution < -0.4 is 5.73 Å². The first-order chi connectivity index (χ1) is 18.9. The van der Waals surface area contributed by atoms with E-state index in [1.807, 2.05) is 34.6 Å². The van der Waals surface area contributed by atoms with Gasteiger partial charge in [-0.1, -0.05) is 20.8 Å². The molecule has 3 aliphatic carbocycles. The van der Waals surface area contributed by atoms with Crippen molar-refractivity contribution in [1.29, 1.82) is 0 Å². The Hall–Kier alpha value is -3.02. The molecule has 4 N–H and O–H groups in total. The Morgan fingerprint density at radius 3 is 2.32 bits per heavy atom. The number of carbonyl (C=O) groups excluding carboxylic acids is 5. The average Bonchev–Trinajstić information content (AvgIpc) is 2.85. The van der Waals surface area contributed by atoms with Crippen molar-refractivity contribution in [1.82, 2.24) is 9.80 Å². The first kappa shape index (κ1) is 30.9. The zero-order valence-corrected chi connectivity index (χ0v) is 24.7. The summed E-state index contributed by atoms with van der Waals surface area (Å²) >= 11 is 0. The second-order valence-electron chi connectivity index (χ2n) is 12.9. The van der Waals surface area contributed by atoms with Crippen molar-refractivity contribution < 1.29 is 38.6 Å². The third kappa shape index (κ3) is 4.44. The van der Waals surface area contributed by atoms with Crippen molar-refractivity contribution in [2.75, 3.05) is 27.2 Å². The molecule has 2 saturated carbocycles. The van der Waals surface area contributed by atoms with Crippen LogP contribution in [0, 0.1) is 35.4 Å². The van der Waals surface area contributed by atoms with Crippen molar-refractivity contribution in [3.8, 4) is 5.75 Å². The lowest BCUT2D eigenvalue weighted by molar-refractivity contribution is -0.181. The number of rotatable bonds is 7. The number of benzene rings is 1. The number of nitrogens with zero attached hydrogens (tertiary/aromatic N) is 2. The van der Waals surface area contributed by atoms with E-state index in [9.17, 15) is 34.2 Å². The molecule has 224 valence electrons. The van der Waals surface area contributed by atoms with Crippen LogP contribution in [0.2, 0.25) is 0 Å². The van der Waals surface area contributed by atoms with Crippen molar-refractivity contribution in [3.05, 3.63) is 28.6 Å². The molecule has 1 amide bonds. The number of aliphatic hydroxyl groups is 1. The van der Waals surface area contributed by atoms with Crippen LogP contribution in [-0.2, 0) is 31.1 Å². The van der Waals surface area contributed by atoms with Gasteiger partial charge in [-0.3, -0.25) is 33.8 Å². The summed E-state index contributed by atoms with van der Waals surface area (Å²) in [4.78, 5) is 69.8. The molecular weight excluding hydrogens is 533 g/mol. The maximum Gasteiger partial charge on any atom is 0.235 e. The van der Waals surface area contributed by atoms with Crippen LogP contribution in [0.1, 0.15) is 62.5 Å². The number of hydrogen-bond acceptors (Lipinski definition) is 9. The second kappa shape index (κ2) is 10.4. The van der Waals surface area contributed by atoms with Crippen LogP contribution in [0.25, 0.3) is 0 Å². The highest BCUT2D eigenvalue weighted by atomic mass is 19.1. The minimum absolute atomic E-state index is 0.0250. The van der Waals surface area contributed by atoms with Gasteiger partial charge < -0.3 is 15.9 Å². The Balaban J connectivity index is 1.85. The number of likely N-dealkylation sites (N-methyl/N-ethyl adjacent to an activating group) is 1. The Morgan fingerprint density at radius 2 is 1.80 bits per heavy atom. The maximum absolute atomic E-state index is 16.4. The molecule has 0 spiro atoms. The molecule has 6 atom stereocenters. The number of ketones is 4. The maximum atomic E-state index is 16.4. The topological polar surface area (TPSA) is 158 Å². The van der Waals surface area contributed by atoms with Gasteiger partial charge in [-0.05, 0) is 65.2 Å². The normalized spacial score (nSPS) is 30.1. The van der Waals surface area contributed by atoms with Crippen LogP contribution in [-0.4, -0.2) is 87.9 Å². The van der Waals surface area contributed by atoms with Crippen LogP contribution in [0.3, 0.4) is 0 Å². The van der Waals surface area contributed by atoms with E-state index in [1.165, 1.54) is 25.1 Å². The van der Waals surface area contributed by atoms with E-state index < -0.39 is 81.5 Å². The Bertz CT molecular complexity index is 1340. The minimum Gasteiger partial charge on any atom is -0.507 e. The largest absolute Gasteiger partial charge is 0.507 e. The number of Topliss-reactive ketones (excluding diaryl/α,β-unsaturated/α-hetero) is 4. The number of phenolic OH excluding ortho intramolecular Hbond substituents is 1. The van der Waals surface area contributed by atoms with Gasteiger partial charge in [0.1, 0.15) is 11.6 Å². The molecule has 0 aliphatic heterocycles. The predicted molar refractivity (Wildman–Crippen MR) is 146 cm³/mol. The third-order valence-electron chi connectivity index (χ3n) is 9.41. The molecule has 0 radical (unpaired) electrons. The van der Waals surface area contributed by atoms with E-state index in [-0.39, 0.29) is 35.4 Å². The number of nitrogens with two attached hydrogens (primary N) is 1. The zero-order chi connectivity index (χ0) is 30.9. The van der Waals surface area contributed by atoms with E-state index in [0.717, 1.165) is 0 Å². The highest BCUT2D eigenvalue weighted by molar-refractivity contribution is 6.32. The molecule has 41 heavy (non-hydrogen) atoms. The molecule has 10 nitrogen and oxygen atoms in total. The minimum atomic E-state index is -2.81. The van der Waals surface area contributed by atoms with E-state index >= 15 is 4.39 Å².